The van der Waals surface area contributed by atoms with Crippen LogP contribution in [0.5, 0.6) is 11.5 Å². The summed E-state index contributed by atoms with van der Waals surface area (Å²) >= 11 is 0. The highest BCUT2D eigenvalue weighted by Crippen LogP contribution is 2.35. The third-order valence-corrected chi connectivity index (χ3v) is 5.46. The molecule has 1 aliphatic rings. The fourth-order valence-corrected chi connectivity index (χ4v) is 4.04. The summed E-state index contributed by atoms with van der Waals surface area (Å²) in [6.07, 6.45) is 5.55. The first-order valence-electron chi connectivity index (χ1n) is 10.2. The molecule has 2 aromatic carbocycles. The molecule has 31 heavy (non-hydrogen) atoms. The van der Waals surface area contributed by atoms with E-state index in [2.05, 4.69) is 10.3 Å². The lowest BCUT2D eigenvalue weighted by Crippen LogP contribution is -2.32. The Labute approximate surface area is 177 Å². The second kappa shape index (κ2) is 7.96. The SMILES string of the molecule is Nc1cncc2c1c(-c1ccc(Oc3cc(F)cc(F)c3)cc1)nn2[C@@H]1CCCNC1. The highest BCUT2D eigenvalue weighted by atomic mass is 19.1. The quantitative estimate of drug-likeness (QED) is 0.501. The molecule has 0 amide bonds. The molecule has 5 rings (SSSR count). The van der Waals surface area contributed by atoms with E-state index in [-0.39, 0.29) is 11.8 Å². The fraction of sp³-hybridized carbons (Fsp3) is 0.217. The van der Waals surface area contributed by atoms with Gasteiger partial charge in [-0.05, 0) is 43.7 Å². The lowest BCUT2D eigenvalue weighted by atomic mass is 10.1. The van der Waals surface area contributed by atoms with E-state index in [0.717, 1.165) is 66.3 Å². The smallest absolute Gasteiger partial charge is 0.133 e. The number of nitrogen functional groups attached to an aromatic ring is 1. The minimum Gasteiger partial charge on any atom is -0.457 e. The van der Waals surface area contributed by atoms with Gasteiger partial charge >= 0.3 is 0 Å². The van der Waals surface area contributed by atoms with Gasteiger partial charge < -0.3 is 15.8 Å². The maximum Gasteiger partial charge on any atom is 0.133 e. The van der Waals surface area contributed by atoms with Crippen molar-refractivity contribution in [2.24, 2.45) is 0 Å². The summed E-state index contributed by atoms with van der Waals surface area (Å²) in [4.78, 5) is 4.26. The molecule has 0 unspecified atom stereocenters. The monoisotopic (exact) mass is 421 g/mol. The van der Waals surface area contributed by atoms with Gasteiger partial charge in [-0.15, -0.1) is 0 Å². The Bertz CT molecular complexity index is 1210. The molecular formula is C23H21F2N5O. The van der Waals surface area contributed by atoms with E-state index in [1.165, 1.54) is 0 Å². The molecule has 0 bridgehead atoms. The van der Waals surface area contributed by atoms with E-state index in [1.807, 2.05) is 16.8 Å². The topological polar surface area (TPSA) is 78.0 Å². The number of nitrogens with one attached hydrogen (secondary N) is 1. The van der Waals surface area contributed by atoms with Gasteiger partial charge in [0.25, 0.3) is 0 Å². The van der Waals surface area contributed by atoms with E-state index >= 15 is 0 Å². The number of ether oxygens (including phenoxy) is 1. The molecule has 6 nitrogen and oxygen atoms in total. The molecule has 8 heteroatoms. The summed E-state index contributed by atoms with van der Waals surface area (Å²) in [5.74, 6) is -0.821. The Balaban J connectivity index is 1.50. The first kappa shape index (κ1) is 19.4. The van der Waals surface area contributed by atoms with Crippen molar-refractivity contribution in [3.63, 3.8) is 0 Å². The van der Waals surface area contributed by atoms with Gasteiger partial charge in [0.2, 0.25) is 0 Å². The van der Waals surface area contributed by atoms with Crippen LogP contribution in [-0.4, -0.2) is 27.9 Å². The van der Waals surface area contributed by atoms with Crippen LogP contribution in [0.2, 0.25) is 0 Å². The standard InChI is InChI=1S/C23H21F2N5O/c24-15-8-16(25)10-19(9-15)31-18-5-3-14(4-6-18)23-22-20(26)12-28-13-21(22)30(29-23)17-2-1-7-27-11-17/h3-6,8-10,12-13,17,27H,1-2,7,11,26H2/t17-/m1/s1. The molecule has 158 valence electrons. The third-order valence-electron chi connectivity index (χ3n) is 5.46. The van der Waals surface area contributed by atoms with Gasteiger partial charge in [0.1, 0.15) is 28.8 Å². The van der Waals surface area contributed by atoms with Crippen LogP contribution in [0.4, 0.5) is 14.5 Å². The van der Waals surface area contributed by atoms with E-state index in [9.17, 15) is 8.78 Å². The molecule has 3 heterocycles. The molecule has 3 N–H and O–H groups in total. The average molecular weight is 421 g/mol. The predicted octanol–water partition coefficient (Wildman–Crippen LogP) is 4.68. The number of hydrogen-bond donors (Lipinski definition) is 2. The van der Waals surface area contributed by atoms with Gasteiger partial charge in [0.05, 0.1) is 35.0 Å². The zero-order chi connectivity index (χ0) is 21.4. The van der Waals surface area contributed by atoms with Gasteiger partial charge in [-0.3, -0.25) is 9.67 Å². The molecule has 0 aliphatic carbocycles. The number of benzene rings is 2. The second-order valence-corrected chi connectivity index (χ2v) is 7.65. The first-order chi connectivity index (χ1) is 15.1. The Morgan fingerprint density at radius 2 is 1.81 bits per heavy atom. The van der Waals surface area contributed by atoms with Gasteiger partial charge in [-0.25, -0.2) is 8.78 Å². The lowest BCUT2D eigenvalue weighted by molar-refractivity contribution is 0.355. The molecule has 1 saturated heterocycles. The molecule has 2 aromatic heterocycles. The van der Waals surface area contributed by atoms with Gasteiger partial charge in [-0.1, -0.05) is 0 Å². The Hall–Kier alpha value is -3.52. The predicted molar refractivity (Wildman–Crippen MR) is 115 cm³/mol. The molecule has 1 aliphatic heterocycles. The van der Waals surface area contributed by atoms with E-state index in [1.54, 1.807) is 24.5 Å². The van der Waals surface area contributed by atoms with Gasteiger partial charge in [0, 0.05) is 30.3 Å². The zero-order valence-electron chi connectivity index (χ0n) is 16.7. The molecular weight excluding hydrogens is 400 g/mol. The normalized spacial score (nSPS) is 16.5. The Morgan fingerprint density at radius 1 is 1.03 bits per heavy atom. The lowest BCUT2D eigenvalue weighted by Gasteiger charge is -2.23. The van der Waals surface area contributed by atoms with Crippen molar-refractivity contribution in [1.29, 1.82) is 0 Å². The summed E-state index contributed by atoms with van der Waals surface area (Å²) in [6, 6.07) is 10.5. The van der Waals surface area contributed by atoms with E-state index < -0.39 is 11.6 Å². The summed E-state index contributed by atoms with van der Waals surface area (Å²) < 4.78 is 34.4. The number of pyridine rings is 1. The van der Waals surface area contributed by atoms with E-state index in [4.69, 9.17) is 15.6 Å². The van der Waals surface area contributed by atoms with Crippen LogP contribution >= 0.6 is 0 Å². The number of nitrogens with zero attached hydrogens (tertiary/aromatic N) is 3. The van der Waals surface area contributed by atoms with Crippen LogP contribution in [0.3, 0.4) is 0 Å². The number of anilines is 1. The van der Waals surface area contributed by atoms with Crippen molar-refractivity contribution in [3.8, 4) is 22.8 Å². The maximum absolute atomic E-state index is 13.4. The second-order valence-electron chi connectivity index (χ2n) is 7.65. The molecule has 0 radical (unpaired) electrons. The molecule has 1 fully saturated rings. The van der Waals surface area contributed by atoms with Gasteiger partial charge in [0.15, 0.2) is 0 Å². The number of halogens is 2. The maximum atomic E-state index is 13.4. The number of hydrogen-bond acceptors (Lipinski definition) is 5. The zero-order valence-corrected chi connectivity index (χ0v) is 16.7. The van der Waals surface area contributed by atoms with Crippen molar-refractivity contribution >= 4 is 16.6 Å². The average Bonchev–Trinajstić information content (AvgIpc) is 3.15. The highest BCUT2D eigenvalue weighted by molar-refractivity contribution is 6.01. The van der Waals surface area contributed by atoms with Crippen molar-refractivity contribution < 1.29 is 13.5 Å². The van der Waals surface area contributed by atoms with Crippen LogP contribution in [0.1, 0.15) is 18.9 Å². The number of piperidine rings is 1. The van der Waals surface area contributed by atoms with Crippen molar-refractivity contribution in [1.82, 2.24) is 20.1 Å². The summed E-state index contributed by atoms with van der Waals surface area (Å²) in [5, 5.41) is 9.18. The van der Waals surface area contributed by atoms with Crippen LogP contribution in [0.25, 0.3) is 22.2 Å². The Morgan fingerprint density at radius 3 is 2.52 bits per heavy atom. The van der Waals surface area contributed by atoms with Crippen molar-refractivity contribution in [2.45, 2.75) is 18.9 Å². The Kier molecular flexibility index (Phi) is 4.99. The minimum atomic E-state index is -0.690. The molecule has 4 aromatic rings. The number of aromatic nitrogens is 3. The number of rotatable bonds is 4. The molecule has 0 saturated carbocycles. The summed E-state index contributed by atoms with van der Waals surface area (Å²) in [5.41, 5.74) is 9.37. The van der Waals surface area contributed by atoms with Crippen molar-refractivity contribution in [3.05, 3.63) is 66.5 Å². The van der Waals surface area contributed by atoms with Crippen molar-refractivity contribution in [2.75, 3.05) is 18.8 Å². The number of nitrogens with two attached hydrogens (primary N) is 1. The van der Waals surface area contributed by atoms with Crippen LogP contribution < -0.4 is 15.8 Å². The highest BCUT2D eigenvalue weighted by Gasteiger charge is 2.22. The van der Waals surface area contributed by atoms with E-state index in [0.29, 0.717) is 11.4 Å². The fourth-order valence-electron chi connectivity index (χ4n) is 4.04. The largest absolute Gasteiger partial charge is 0.457 e. The molecule has 0 spiro atoms. The van der Waals surface area contributed by atoms with Crippen LogP contribution in [0.15, 0.2) is 54.9 Å². The summed E-state index contributed by atoms with van der Waals surface area (Å²) in [7, 11) is 0. The van der Waals surface area contributed by atoms with Gasteiger partial charge in [-0.2, -0.15) is 5.10 Å². The van der Waals surface area contributed by atoms with Crippen LogP contribution in [0, 0.1) is 11.6 Å². The van der Waals surface area contributed by atoms with Crippen LogP contribution in [-0.2, 0) is 0 Å². The first-order valence-corrected chi connectivity index (χ1v) is 10.2. The summed E-state index contributed by atoms with van der Waals surface area (Å²) in [6.45, 7) is 1.86. The molecule has 1 atom stereocenters. The third kappa shape index (κ3) is 3.82. The minimum absolute atomic E-state index is 0.0973. The number of fused-ring (bicyclic) bond motifs is 1.